The molecular weight excluding hydrogens is 397 g/mol. The average molecular weight is 410 g/mol. The Morgan fingerprint density at radius 1 is 0.767 bits per heavy atom. The van der Waals surface area contributed by atoms with Gasteiger partial charge >= 0.3 is 6.18 Å². The van der Waals surface area contributed by atoms with Crippen molar-refractivity contribution in [2.45, 2.75) is 6.18 Å². The smallest absolute Gasteiger partial charge is 0.345 e. The van der Waals surface area contributed by atoms with E-state index in [4.69, 9.17) is 0 Å². The summed E-state index contributed by atoms with van der Waals surface area (Å²) in [6.45, 7) is 0. The summed E-state index contributed by atoms with van der Waals surface area (Å²) >= 11 is 0. The van der Waals surface area contributed by atoms with Gasteiger partial charge in [-0.1, -0.05) is 0 Å². The van der Waals surface area contributed by atoms with Gasteiger partial charge in [-0.25, -0.2) is 15.0 Å². The van der Waals surface area contributed by atoms with Crippen LogP contribution in [0.5, 0.6) is 0 Å². The molecule has 3 aromatic heterocycles. The van der Waals surface area contributed by atoms with Crippen molar-refractivity contribution in [1.29, 1.82) is 0 Å². The summed E-state index contributed by atoms with van der Waals surface area (Å²) in [6, 6.07) is 10.3. The number of hydrogen-bond donors (Lipinski definition) is 4. The molecule has 0 unspecified atom stereocenters. The lowest BCUT2D eigenvalue weighted by molar-refractivity contribution is -0.137. The molecule has 0 amide bonds. The highest BCUT2D eigenvalue weighted by Crippen LogP contribution is 2.35. The number of halogens is 3. The fourth-order valence-electron chi connectivity index (χ4n) is 3.04. The van der Waals surface area contributed by atoms with Crippen LogP contribution in [0, 0.1) is 0 Å². The lowest BCUT2D eigenvalue weighted by Gasteiger charge is -2.15. The summed E-state index contributed by atoms with van der Waals surface area (Å²) in [4.78, 5) is 22.0. The van der Waals surface area contributed by atoms with Crippen molar-refractivity contribution in [3.8, 4) is 0 Å². The fraction of sp³-hybridized carbons (Fsp3) is 0.0526. The molecule has 0 aliphatic rings. The molecule has 0 saturated heterocycles. The van der Waals surface area contributed by atoms with Gasteiger partial charge in [0.25, 0.3) is 0 Å². The Balaban J connectivity index is 1.50. The zero-order valence-electron chi connectivity index (χ0n) is 15.1. The van der Waals surface area contributed by atoms with E-state index < -0.39 is 11.7 Å². The van der Waals surface area contributed by atoms with Crippen molar-refractivity contribution >= 4 is 45.2 Å². The van der Waals surface area contributed by atoms with E-state index >= 15 is 0 Å². The van der Waals surface area contributed by atoms with Gasteiger partial charge in [-0.3, -0.25) is 0 Å². The molecule has 11 heteroatoms. The topological polar surface area (TPSA) is 107 Å². The molecule has 4 N–H and O–H groups in total. The summed E-state index contributed by atoms with van der Waals surface area (Å²) < 4.78 is 40.5. The van der Waals surface area contributed by atoms with E-state index in [1.807, 2.05) is 0 Å². The number of imidazole rings is 2. The number of benzene rings is 2. The highest BCUT2D eigenvalue weighted by molar-refractivity contribution is 5.81. The third-order valence-corrected chi connectivity index (χ3v) is 4.45. The minimum Gasteiger partial charge on any atom is -0.345 e. The van der Waals surface area contributed by atoms with Gasteiger partial charge in [0, 0.05) is 17.6 Å². The highest BCUT2D eigenvalue weighted by atomic mass is 19.4. The molecule has 0 saturated carbocycles. The van der Waals surface area contributed by atoms with E-state index in [-0.39, 0.29) is 11.8 Å². The number of rotatable bonds is 4. The van der Waals surface area contributed by atoms with E-state index in [9.17, 15) is 13.2 Å². The highest BCUT2D eigenvalue weighted by Gasteiger charge is 2.35. The van der Waals surface area contributed by atoms with Gasteiger partial charge in [0.05, 0.1) is 34.7 Å². The number of aromatic amines is 2. The molecule has 30 heavy (non-hydrogen) atoms. The molecule has 0 spiro atoms. The van der Waals surface area contributed by atoms with Gasteiger partial charge in [-0.2, -0.15) is 18.2 Å². The van der Waals surface area contributed by atoms with Crippen LogP contribution < -0.4 is 10.6 Å². The Hall–Kier alpha value is -4.15. The molecule has 3 heterocycles. The second kappa shape index (κ2) is 6.72. The molecule has 0 radical (unpaired) electrons. The normalized spacial score (nSPS) is 11.8. The molecule has 0 bridgehead atoms. The van der Waals surface area contributed by atoms with Crippen molar-refractivity contribution in [3.63, 3.8) is 0 Å². The summed E-state index contributed by atoms with van der Waals surface area (Å²) in [6.07, 6.45) is -0.796. The van der Waals surface area contributed by atoms with Gasteiger partial charge in [-0.15, -0.1) is 0 Å². The molecule has 0 aliphatic carbocycles. The average Bonchev–Trinajstić information content (AvgIpc) is 3.35. The number of nitrogens with one attached hydrogen (secondary N) is 4. The van der Waals surface area contributed by atoms with E-state index in [1.165, 1.54) is 6.33 Å². The monoisotopic (exact) mass is 410 g/mol. The Labute approximate surface area is 166 Å². The van der Waals surface area contributed by atoms with Crippen molar-refractivity contribution in [1.82, 2.24) is 29.9 Å². The van der Waals surface area contributed by atoms with Crippen LogP contribution in [0.25, 0.3) is 22.1 Å². The SMILES string of the molecule is FC(F)(F)c1cnc(Nc2ccc3nc[nH]c3c2)nc1Nc1ccc2nc[nH]c2c1. The third-order valence-electron chi connectivity index (χ3n) is 4.45. The Morgan fingerprint density at radius 3 is 1.97 bits per heavy atom. The Morgan fingerprint density at radius 2 is 1.37 bits per heavy atom. The Kier molecular flexibility index (Phi) is 4.02. The second-order valence-electron chi connectivity index (χ2n) is 6.47. The van der Waals surface area contributed by atoms with Gasteiger partial charge in [0.2, 0.25) is 5.95 Å². The second-order valence-corrected chi connectivity index (χ2v) is 6.47. The van der Waals surface area contributed by atoms with E-state index in [0.717, 1.165) is 17.2 Å². The number of H-pyrrole nitrogens is 2. The van der Waals surface area contributed by atoms with Crippen LogP contribution in [0.2, 0.25) is 0 Å². The van der Waals surface area contributed by atoms with Crippen molar-refractivity contribution in [3.05, 3.63) is 60.8 Å². The van der Waals surface area contributed by atoms with Crippen LogP contribution in [0.1, 0.15) is 5.56 Å². The van der Waals surface area contributed by atoms with Crippen LogP contribution in [0.3, 0.4) is 0 Å². The first-order valence-electron chi connectivity index (χ1n) is 8.80. The zero-order valence-corrected chi connectivity index (χ0v) is 15.1. The van der Waals surface area contributed by atoms with Crippen molar-refractivity contribution < 1.29 is 13.2 Å². The van der Waals surface area contributed by atoms with Crippen LogP contribution in [-0.4, -0.2) is 29.9 Å². The number of aromatic nitrogens is 6. The first-order chi connectivity index (χ1) is 14.5. The third kappa shape index (κ3) is 3.36. The predicted molar refractivity (Wildman–Crippen MR) is 106 cm³/mol. The molecule has 2 aromatic carbocycles. The van der Waals surface area contributed by atoms with Crippen LogP contribution >= 0.6 is 0 Å². The molecule has 150 valence electrons. The van der Waals surface area contributed by atoms with Crippen molar-refractivity contribution in [2.24, 2.45) is 0 Å². The molecular formula is C19H13F3N8. The van der Waals surface area contributed by atoms with E-state index in [1.54, 1.807) is 42.7 Å². The maximum Gasteiger partial charge on any atom is 0.421 e. The lowest BCUT2D eigenvalue weighted by Crippen LogP contribution is -2.12. The van der Waals surface area contributed by atoms with Crippen LogP contribution in [0.15, 0.2) is 55.2 Å². The lowest BCUT2D eigenvalue weighted by atomic mass is 10.2. The molecule has 8 nitrogen and oxygen atoms in total. The molecule has 0 fully saturated rings. The molecule has 0 atom stereocenters. The van der Waals surface area contributed by atoms with E-state index in [0.29, 0.717) is 22.4 Å². The fourth-order valence-corrected chi connectivity index (χ4v) is 3.04. The molecule has 5 aromatic rings. The summed E-state index contributed by atoms with van der Waals surface area (Å²) in [7, 11) is 0. The number of fused-ring (bicyclic) bond motifs is 2. The Bertz CT molecular complexity index is 1350. The van der Waals surface area contributed by atoms with Gasteiger partial charge in [-0.05, 0) is 36.4 Å². The quantitative estimate of drug-likeness (QED) is 0.341. The number of nitrogens with zero attached hydrogens (tertiary/aromatic N) is 4. The first-order valence-corrected chi connectivity index (χ1v) is 8.80. The standard InChI is InChI=1S/C19H13F3N8/c20-19(21,22)12-7-23-18(29-11-2-4-14-16(6-11)27-9-25-14)30-17(12)28-10-1-3-13-15(5-10)26-8-24-13/h1-9H,(H,24,26)(H,25,27)(H2,23,28,29,30). The van der Waals surface area contributed by atoms with Crippen LogP contribution in [-0.2, 0) is 6.18 Å². The maximum absolute atomic E-state index is 13.5. The predicted octanol–water partition coefficient (Wildman–Crippen LogP) is 4.74. The van der Waals surface area contributed by atoms with Crippen molar-refractivity contribution in [2.75, 3.05) is 10.6 Å². The zero-order chi connectivity index (χ0) is 20.7. The minimum atomic E-state index is -4.62. The minimum absolute atomic E-state index is 0.0204. The number of alkyl halides is 3. The largest absolute Gasteiger partial charge is 0.421 e. The van der Waals surface area contributed by atoms with Gasteiger partial charge in [0.15, 0.2) is 0 Å². The number of hydrogen-bond acceptors (Lipinski definition) is 6. The van der Waals surface area contributed by atoms with Crippen LogP contribution in [0.4, 0.5) is 36.3 Å². The summed E-state index contributed by atoms with van der Waals surface area (Å²) in [5.41, 5.74) is 3.01. The molecule has 0 aliphatic heterocycles. The van der Waals surface area contributed by atoms with E-state index in [2.05, 4.69) is 40.5 Å². The summed E-state index contributed by atoms with van der Waals surface area (Å²) in [5.74, 6) is -0.339. The van der Waals surface area contributed by atoms with Gasteiger partial charge in [0.1, 0.15) is 11.4 Å². The maximum atomic E-state index is 13.5. The number of anilines is 4. The molecule has 5 rings (SSSR count). The summed E-state index contributed by atoms with van der Waals surface area (Å²) in [5, 5.41) is 5.66. The van der Waals surface area contributed by atoms with Gasteiger partial charge < -0.3 is 20.6 Å². The first kappa shape index (κ1) is 17.9.